The first kappa shape index (κ1) is 36.6. The topological polar surface area (TPSA) is 186 Å². The Kier molecular flexibility index (Phi) is 15.2. The molecule has 4 amide bonds. The third kappa shape index (κ3) is 10.9. The van der Waals surface area contributed by atoms with Gasteiger partial charge in [-0.1, -0.05) is 30.2 Å². The molecule has 2 aliphatic carbocycles. The van der Waals surface area contributed by atoms with E-state index < -0.39 is 0 Å². The van der Waals surface area contributed by atoms with Crippen molar-refractivity contribution in [2.24, 2.45) is 23.7 Å². The first-order valence-electron chi connectivity index (χ1n) is 16.8. The van der Waals surface area contributed by atoms with Crippen LogP contribution in [0.2, 0.25) is 0 Å². The number of rotatable bonds is 25. The lowest BCUT2D eigenvalue weighted by atomic mass is 9.85. The van der Waals surface area contributed by atoms with Gasteiger partial charge in [0.1, 0.15) is 5.69 Å². The highest BCUT2D eigenvalue weighted by Gasteiger charge is 2.58. The van der Waals surface area contributed by atoms with E-state index in [1.54, 1.807) is 15.8 Å². The van der Waals surface area contributed by atoms with E-state index in [4.69, 9.17) is 24.4 Å². The minimum absolute atomic E-state index is 0.0120. The van der Waals surface area contributed by atoms with Gasteiger partial charge in [-0.05, 0) is 31.1 Å². The number of amides is 4. The molecule has 2 bridgehead atoms. The van der Waals surface area contributed by atoms with Crippen LogP contribution in [0.5, 0.6) is 0 Å². The van der Waals surface area contributed by atoms with E-state index in [9.17, 15) is 19.2 Å². The molecule has 3 N–H and O–H groups in total. The standard InChI is InChI=1S/C32H50N6O9/c39-13-9-33-27(41)7-8-28(42)36(22-26-23-37(35-34-26)12-15-45-17-19-47-20-18-46-16-14-40)10-3-1-2-4-11-38-31(43)29-24-5-6-25(21-24)30(29)32(38)44/h5-6,23-25,29-30,39-40H,1-4,7-22H2,(H,33,41)/t24-,25+,29+,30-. The molecule has 0 spiro atoms. The van der Waals surface area contributed by atoms with Gasteiger partial charge in [0.25, 0.3) is 0 Å². The molecule has 1 aliphatic heterocycles. The van der Waals surface area contributed by atoms with Crippen molar-refractivity contribution in [1.29, 1.82) is 0 Å². The maximum Gasteiger partial charge on any atom is 0.233 e. The predicted octanol–water partition coefficient (Wildman–Crippen LogP) is -0.0950. The van der Waals surface area contributed by atoms with Crippen LogP contribution in [-0.4, -0.2) is 131 Å². The third-order valence-electron chi connectivity index (χ3n) is 8.86. The summed E-state index contributed by atoms with van der Waals surface area (Å²) < 4.78 is 17.7. The second-order valence-corrected chi connectivity index (χ2v) is 12.2. The van der Waals surface area contributed by atoms with Gasteiger partial charge in [-0.15, -0.1) is 5.10 Å². The molecule has 2 heterocycles. The monoisotopic (exact) mass is 662 g/mol. The number of hydrogen-bond donors (Lipinski definition) is 3. The van der Waals surface area contributed by atoms with Crippen LogP contribution in [-0.2, 0) is 46.5 Å². The van der Waals surface area contributed by atoms with E-state index in [0.717, 1.165) is 32.1 Å². The van der Waals surface area contributed by atoms with Crippen LogP contribution in [0.1, 0.15) is 50.6 Å². The molecule has 47 heavy (non-hydrogen) atoms. The van der Waals surface area contributed by atoms with Crippen LogP contribution in [0.25, 0.3) is 0 Å². The van der Waals surface area contributed by atoms with E-state index in [1.165, 1.54) is 4.90 Å². The highest BCUT2D eigenvalue weighted by Crippen LogP contribution is 2.52. The molecule has 0 unspecified atom stereocenters. The summed E-state index contributed by atoms with van der Waals surface area (Å²) in [5.41, 5.74) is 0.620. The maximum atomic E-state index is 13.1. The zero-order valence-corrected chi connectivity index (χ0v) is 27.2. The maximum absolute atomic E-state index is 13.1. The van der Waals surface area contributed by atoms with Crippen molar-refractivity contribution in [1.82, 2.24) is 30.1 Å². The molecule has 0 aromatic carbocycles. The van der Waals surface area contributed by atoms with Gasteiger partial charge in [-0.2, -0.15) is 0 Å². The third-order valence-corrected chi connectivity index (χ3v) is 8.86. The summed E-state index contributed by atoms with van der Waals surface area (Å²) in [5.74, 6) is -0.394. The number of unbranched alkanes of at least 4 members (excludes halogenated alkanes) is 3. The fourth-order valence-electron chi connectivity index (χ4n) is 6.55. The normalized spacial score (nSPS) is 21.2. The Morgan fingerprint density at radius 2 is 1.51 bits per heavy atom. The van der Waals surface area contributed by atoms with E-state index in [-0.39, 0.29) is 86.4 Å². The number of allylic oxidation sites excluding steroid dienone is 2. The van der Waals surface area contributed by atoms with Gasteiger partial charge >= 0.3 is 0 Å². The SMILES string of the molecule is O=C(CCC(=O)N(CCCCCCN1C(=O)[C@@H]2[C@H](C1=O)[C@H]1C=C[C@@H]2C1)Cc1cn(CCOCCOCCOCCO)nn1)NCCO. The van der Waals surface area contributed by atoms with Gasteiger partial charge in [0, 0.05) is 32.5 Å². The Balaban J connectivity index is 1.16. The van der Waals surface area contributed by atoms with Crippen LogP contribution in [0.3, 0.4) is 0 Å². The molecule has 1 saturated heterocycles. The highest BCUT2D eigenvalue weighted by atomic mass is 16.5. The Labute approximate surface area is 275 Å². The van der Waals surface area contributed by atoms with Crippen molar-refractivity contribution in [2.45, 2.75) is 58.0 Å². The van der Waals surface area contributed by atoms with Crippen molar-refractivity contribution in [3.63, 3.8) is 0 Å². The highest BCUT2D eigenvalue weighted by molar-refractivity contribution is 6.06. The zero-order valence-electron chi connectivity index (χ0n) is 27.2. The average Bonchev–Trinajstić information content (AvgIpc) is 3.86. The Bertz CT molecular complexity index is 1160. The summed E-state index contributed by atoms with van der Waals surface area (Å²) in [4.78, 5) is 54.1. The molecular formula is C32H50N6O9. The van der Waals surface area contributed by atoms with Crippen molar-refractivity contribution < 1.29 is 43.6 Å². The number of nitrogens with one attached hydrogen (secondary N) is 1. The molecule has 4 rings (SSSR count). The molecule has 1 aromatic rings. The number of carbonyl (C=O) groups excluding carboxylic acids is 4. The van der Waals surface area contributed by atoms with E-state index in [0.29, 0.717) is 65.0 Å². The van der Waals surface area contributed by atoms with Crippen LogP contribution in [0.4, 0.5) is 0 Å². The number of imide groups is 1. The Hall–Kier alpha value is -3.24. The Morgan fingerprint density at radius 1 is 0.851 bits per heavy atom. The van der Waals surface area contributed by atoms with Crippen LogP contribution >= 0.6 is 0 Å². The molecular weight excluding hydrogens is 612 g/mol. The Morgan fingerprint density at radius 3 is 2.19 bits per heavy atom. The molecule has 15 nitrogen and oxygen atoms in total. The first-order chi connectivity index (χ1) is 22.9. The molecule has 15 heteroatoms. The second kappa shape index (κ2) is 19.5. The molecule has 3 aliphatic rings. The molecule has 262 valence electrons. The number of nitrogens with zero attached hydrogens (tertiary/aromatic N) is 5. The summed E-state index contributed by atoms with van der Waals surface area (Å²) in [6.45, 7) is 4.00. The molecule has 4 atom stereocenters. The summed E-state index contributed by atoms with van der Waals surface area (Å²) in [7, 11) is 0. The summed E-state index contributed by atoms with van der Waals surface area (Å²) >= 11 is 0. The molecule has 2 fully saturated rings. The smallest absolute Gasteiger partial charge is 0.233 e. The van der Waals surface area contributed by atoms with Gasteiger partial charge in [0.05, 0.1) is 84.0 Å². The van der Waals surface area contributed by atoms with Gasteiger partial charge in [0.2, 0.25) is 23.6 Å². The van der Waals surface area contributed by atoms with Crippen molar-refractivity contribution in [2.75, 3.05) is 72.5 Å². The molecule has 0 radical (unpaired) electrons. The lowest BCUT2D eigenvalue weighted by Gasteiger charge is -2.22. The van der Waals surface area contributed by atoms with Crippen molar-refractivity contribution in [3.05, 3.63) is 24.0 Å². The van der Waals surface area contributed by atoms with Gasteiger partial charge < -0.3 is 34.6 Å². The minimum Gasteiger partial charge on any atom is -0.395 e. The second-order valence-electron chi connectivity index (χ2n) is 12.2. The lowest BCUT2D eigenvalue weighted by molar-refractivity contribution is -0.140. The average molecular weight is 663 g/mol. The van der Waals surface area contributed by atoms with E-state index in [2.05, 4.69) is 27.8 Å². The van der Waals surface area contributed by atoms with Gasteiger partial charge in [0.15, 0.2) is 0 Å². The first-order valence-corrected chi connectivity index (χ1v) is 16.8. The van der Waals surface area contributed by atoms with E-state index >= 15 is 0 Å². The number of aliphatic hydroxyl groups is 2. The van der Waals surface area contributed by atoms with Crippen molar-refractivity contribution in [3.8, 4) is 0 Å². The zero-order chi connectivity index (χ0) is 33.4. The number of fused-ring (bicyclic) bond motifs is 5. The lowest BCUT2D eigenvalue weighted by Crippen LogP contribution is -2.34. The van der Waals surface area contributed by atoms with E-state index in [1.807, 2.05) is 0 Å². The fourth-order valence-corrected chi connectivity index (χ4v) is 6.55. The number of ether oxygens (including phenoxy) is 3. The number of aromatic nitrogens is 3. The number of aliphatic hydroxyl groups excluding tert-OH is 2. The van der Waals surface area contributed by atoms with Crippen molar-refractivity contribution >= 4 is 23.6 Å². The summed E-state index contributed by atoms with van der Waals surface area (Å²) in [6, 6.07) is 0. The van der Waals surface area contributed by atoms with Crippen LogP contribution < -0.4 is 5.32 Å². The summed E-state index contributed by atoms with van der Waals surface area (Å²) in [6.07, 6.45) is 10.0. The number of carbonyl (C=O) groups is 4. The van der Waals surface area contributed by atoms with Crippen LogP contribution in [0, 0.1) is 23.7 Å². The quantitative estimate of drug-likeness (QED) is 0.0722. The molecule has 1 aromatic heterocycles. The van der Waals surface area contributed by atoms with Crippen LogP contribution in [0.15, 0.2) is 18.3 Å². The largest absolute Gasteiger partial charge is 0.395 e. The predicted molar refractivity (Wildman–Crippen MR) is 167 cm³/mol. The van der Waals surface area contributed by atoms with Gasteiger partial charge in [-0.3, -0.25) is 24.1 Å². The number of likely N-dealkylation sites (tertiary alicyclic amines) is 1. The van der Waals surface area contributed by atoms with Gasteiger partial charge in [-0.25, -0.2) is 4.68 Å². The summed E-state index contributed by atoms with van der Waals surface area (Å²) in [5, 5.41) is 28.5. The number of hydrogen-bond acceptors (Lipinski definition) is 11. The molecule has 1 saturated carbocycles. The fraction of sp³-hybridized carbons (Fsp3) is 0.750. The minimum atomic E-state index is -0.294.